The van der Waals surface area contributed by atoms with E-state index < -0.39 is 0 Å². The Balaban J connectivity index is 4.06. The maximum absolute atomic E-state index is 5.63. The molecule has 0 aromatic carbocycles. The Labute approximate surface area is 81.8 Å². The fourth-order valence-corrected chi connectivity index (χ4v) is 0.709. The highest BCUT2D eigenvalue weighted by molar-refractivity contribution is 5.77. The van der Waals surface area contributed by atoms with Crippen molar-refractivity contribution in [3.05, 3.63) is 0 Å². The lowest BCUT2D eigenvalue weighted by Crippen LogP contribution is -2.33. The molecule has 0 fully saturated rings. The highest BCUT2D eigenvalue weighted by Gasteiger charge is 2.21. The molecular formula is C10H23N3. The first-order chi connectivity index (χ1) is 5.90. The van der Waals surface area contributed by atoms with Gasteiger partial charge < -0.3 is 11.1 Å². The molecule has 0 aromatic heterocycles. The monoisotopic (exact) mass is 185 g/mol. The first kappa shape index (κ1) is 12.3. The van der Waals surface area contributed by atoms with Crippen LogP contribution < -0.4 is 11.1 Å². The number of hydrogen-bond acceptors (Lipinski definition) is 1. The van der Waals surface area contributed by atoms with Crippen molar-refractivity contribution >= 4 is 5.96 Å². The Hall–Kier alpha value is -0.730. The van der Waals surface area contributed by atoms with Crippen LogP contribution in [-0.4, -0.2) is 19.0 Å². The summed E-state index contributed by atoms with van der Waals surface area (Å²) in [5, 5.41) is 2.98. The summed E-state index contributed by atoms with van der Waals surface area (Å²) < 4.78 is 0. The van der Waals surface area contributed by atoms with Gasteiger partial charge in [-0.3, -0.25) is 4.99 Å². The van der Waals surface area contributed by atoms with Crippen LogP contribution in [0.1, 0.15) is 34.6 Å². The van der Waals surface area contributed by atoms with Crippen molar-refractivity contribution < 1.29 is 0 Å². The van der Waals surface area contributed by atoms with Crippen LogP contribution >= 0.6 is 0 Å². The van der Waals surface area contributed by atoms with Gasteiger partial charge in [-0.2, -0.15) is 0 Å². The predicted octanol–water partition coefficient (Wildman–Crippen LogP) is 1.59. The summed E-state index contributed by atoms with van der Waals surface area (Å²) in [7, 11) is 0. The number of nitrogens with two attached hydrogens (primary N) is 1. The molecule has 0 amide bonds. The lowest BCUT2D eigenvalue weighted by Gasteiger charge is -2.27. The number of aliphatic imine (C=N–C) groups is 1. The first-order valence-electron chi connectivity index (χ1n) is 4.94. The van der Waals surface area contributed by atoms with Gasteiger partial charge in [0.2, 0.25) is 0 Å². The maximum atomic E-state index is 5.63. The van der Waals surface area contributed by atoms with E-state index in [1.165, 1.54) is 0 Å². The standard InChI is InChI=1S/C10H23N3/c1-6-12-9(11)13-7-10(4,5)8(2)3/h8H,6-7H2,1-5H3,(H3,11,12,13). The minimum atomic E-state index is 0.222. The average molecular weight is 185 g/mol. The normalized spacial score (nSPS) is 13.5. The summed E-state index contributed by atoms with van der Waals surface area (Å²) in [6.07, 6.45) is 0. The van der Waals surface area contributed by atoms with E-state index in [1.807, 2.05) is 6.92 Å². The highest BCUT2D eigenvalue weighted by atomic mass is 15.1. The quantitative estimate of drug-likeness (QED) is 0.516. The van der Waals surface area contributed by atoms with Gasteiger partial charge in [0.1, 0.15) is 0 Å². The molecule has 3 heteroatoms. The van der Waals surface area contributed by atoms with Crippen molar-refractivity contribution in [1.29, 1.82) is 0 Å². The van der Waals surface area contributed by atoms with Crippen LogP contribution in [0.15, 0.2) is 4.99 Å². The molecule has 0 heterocycles. The van der Waals surface area contributed by atoms with E-state index >= 15 is 0 Å². The van der Waals surface area contributed by atoms with E-state index in [4.69, 9.17) is 5.73 Å². The largest absolute Gasteiger partial charge is 0.370 e. The smallest absolute Gasteiger partial charge is 0.188 e. The van der Waals surface area contributed by atoms with E-state index in [0.717, 1.165) is 13.1 Å². The fourth-order valence-electron chi connectivity index (χ4n) is 0.709. The van der Waals surface area contributed by atoms with Gasteiger partial charge in [0, 0.05) is 13.1 Å². The van der Waals surface area contributed by atoms with E-state index in [0.29, 0.717) is 11.9 Å². The number of rotatable bonds is 4. The second-order valence-corrected chi connectivity index (χ2v) is 4.38. The summed E-state index contributed by atoms with van der Waals surface area (Å²) in [5.74, 6) is 1.17. The van der Waals surface area contributed by atoms with E-state index in [9.17, 15) is 0 Å². The lowest BCUT2D eigenvalue weighted by molar-refractivity contribution is 0.262. The minimum Gasteiger partial charge on any atom is -0.370 e. The number of guanidine groups is 1. The molecule has 0 aliphatic heterocycles. The van der Waals surface area contributed by atoms with E-state index in [-0.39, 0.29) is 5.41 Å². The second-order valence-electron chi connectivity index (χ2n) is 4.38. The van der Waals surface area contributed by atoms with E-state index in [2.05, 4.69) is 38.0 Å². The summed E-state index contributed by atoms with van der Waals surface area (Å²) in [6, 6.07) is 0. The summed E-state index contributed by atoms with van der Waals surface area (Å²) in [4.78, 5) is 4.29. The second kappa shape index (κ2) is 5.10. The first-order valence-corrected chi connectivity index (χ1v) is 4.94. The summed E-state index contributed by atoms with van der Waals surface area (Å²) >= 11 is 0. The third-order valence-electron chi connectivity index (χ3n) is 2.58. The fraction of sp³-hybridized carbons (Fsp3) is 0.900. The Morgan fingerprint density at radius 3 is 2.38 bits per heavy atom. The van der Waals surface area contributed by atoms with Crippen molar-refractivity contribution in [2.75, 3.05) is 13.1 Å². The summed E-state index contributed by atoms with van der Waals surface area (Å²) in [5.41, 5.74) is 5.85. The maximum Gasteiger partial charge on any atom is 0.188 e. The molecule has 3 N–H and O–H groups in total. The molecule has 0 atom stereocenters. The zero-order chi connectivity index (χ0) is 10.5. The molecular weight excluding hydrogens is 162 g/mol. The lowest BCUT2D eigenvalue weighted by atomic mass is 9.81. The van der Waals surface area contributed by atoms with Crippen LogP contribution in [0.3, 0.4) is 0 Å². The predicted molar refractivity (Wildman–Crippen MR) is 58.8 cm³/mol. The number of nitrogens with zero attached hydrogens (tertiary/aromatic N) is 1. The van der Waals surface area contributed by atoms with Crippen molar-refractivity contribution in [3.63, 3.8) is 0 Å². The molecule has 78 valence electrons. The van der Waals surface area contributed by atoms with Crippen LogP contribution in [0.2, 0.25) is 0 Å². The Kier molecular flexibility index (Phi) is 4.81. The molecule has 3 nitrogen and oxygen atoms in total. The van der Waals surface area contributed by atoms with Crippen molar-refractivity contribution in [3.8, 4) is 0 Å². The number of nitrogens with one attached hydrogen (secondary N) is 1. The highest BCUT2D eigenvalue weighted by Crippen LogP contribution is 2.25. The van der Waals surface area contributed by atoms with Crippen molar-refractivity contribution in [2.45, 2.75) is 34.6 Å². The molecule has 0 bridgehead atoms. The molecule has 0 unspecified atom stereocenters. The Morgan fingerprint density at radius 2 is 2.00 bits per heavy atom. The minimum absolute atomic E-state index is 0.222. The van der Waals surface area contributed by atoms with Crippen LogP contribution in [-0.2, 0) is 0 Å². The molecule has 0 aliphatic rings. The zero-order valence-electron chi connectivity index (χ0n) is 9.52. The van der Waals surface area contributed by atoms with Crippen LogP contribution in [0.5, 0.6) is 0 Å². The topological polar surface area (TPSA) is 50.4 Å². The third kappa shape index (κ3) is 4.76. The molecule has 0 rings (SSSR count). The van der Waals surface area contributed by atoms with Gasteiger partial charge in [-0.1, -0.05) is 27.7 Å². The Morgan fingerprint density at radius 1 is 1.46 bits per heavy atom. The van der Waals surface area contributed by atoms with Crippen molar-refractivity contribution in [1.82, 2.24) is 5.32 Å². The zero-order valence-corrected chi connectivity index (χ0v) is 9.52. The molecule has 0 radical (unpaired) electrons. The molecule has 0 saturated heterocycles. The van der Waals surface area contributed by atoms with Gasteiger partial charge in [0.25, 0.3) is 0 Å². The van der Waals surface area contributed by atoms with Gasteiger partial charge in [0.15, 0.2) is 5.96 Å². The van der Waals surface area contributed by atoms with Gasteiger partial charge in [-0.05, 0) is 18.3 Å². The average Bonchev–Trinajstić information content (AvgIpc) is 2.01. The van der Waals surface area contributed by atoms with Gasteiger partial charge in [-0.15, -0.1) is 0 Å². The van der Waals surface area contributed by atoms with Gasteiger partial charge >= 0.3 is 0 Å². The molecule has 0 aliphatic carbocycles. The Bertz CT molecular complexity index is 171. The molecule has 0 saturated carbocycles. The molecule has 13 heavy (non-hydrogen) atoms. The van der Waals surface area contributed by atoms with Crippen molar-refractivity contribution in [2.24, 2.45) is 22.1 Å². The van der Waals surface area contributed by atoms with Gasteiger partial charge in [0.05, 0.1) is 0 Å². The van der Waals surface area contributed by atoms with Crippen LogP contribution in [0.25, 0.3) is 0 Å². The van der Waals surface area contributed by atoms with E-state index in [1.54, 1.807) is 0 Å². The van der Waals surface area contributed by atoms with Gasteiger partial charge in [-0.25, -0.2) is 0 Å². The number of hydrogen-bond donors (Lipinski definition) is 2. The molecule has 0 aromatic rings. The van der Waals surface area contributed by atoms with Crippen LogP contribution in [0, 0.1) is 11.3 Å². The van der Waals surface area contributed by atoms with Crippen LogP contribution in [0.4, 0.5) is 0 Å². The summed E-state index contributed by atoms with van der Waals surface area (Å²) in [6.45, 7) is 12.5. The molecule has 0 spiro atoms. The third-order valence-corrected chi connectivity index (χ3v) is 2.58. The SMILES string of the molecule is CCNC(N)=NCC(C)(C)C(C)C.